The maximum absolute atomic E-state index is 13.4. The van der Waals surface area contributed by atoms with Crippen molar-refractivity contribution in [3.63, 3.8) is 0 Å². The molecule has 2 aromatic heterocycles. The second-order valence-corrected chi connectivity index (χ2v) is 9.23. The fraction of sp³-hybridized carbons (Fsp3) is 0. The molecule has 0 saturated carbocycles. The summed E-state index contributed by atoms with van der Waals surface area (Å²) in [5, 5.41) is 6.40. The summed E-state index contributed by atoms with van der Waals surface area (Å²) in [7, 11) is 0. The lowest BCUT2D eigenvalue weighted by Gasteiger charge is -2.14. The summed E-state index contributed by atoms with van der Waals surface area (Å²) in [6, 6.07) is 21.0. The van der Waals surface area contributed by atoms with Crippen LogP contribution in [0.3, 0.4) is 0 Å². The van der Waals surface area contributed by atoms with Gasteiger partial charge in [0.1, 0.15) is 0 Å². The van der Waals surface area contributed by atoms with Crippen molar-refractivity contribution in [3.8, 4) is 0 Å². The number of amides is 1. The van der Waals surface area contributed by atoms with Crippen molar-refractivity contribution >= 4 is 76.3 Å². The molecule has 0 N–H and O–H groups in total. The molecule has 30 heavy (non-hydrogen) atoms. The van der Waals surface area contributed by atoms with Crippen LogP contribution in [0.2, 0.25) is 0 Å². The lowest BCUT2D eigenvalue weighted by molar-refractivity contribution is 0.0988. The minimum Gasteiger partial charge on any atom is -0.267 e. The van der Waals surface area contributed by atoms with E-state index < -0.39 is 0 Å². The molecule has 0 radical (unpaired) electrons. The van der Waals surface area contributed by atoms with Gasteiger partial charge in [0.2, 0.25) is 5.13 Å². The van der Waals surface area contributed by atoms with Crippen LogP contribution < -0.4 is 5.01 Å². The molecular formula is C22H13BrN4OS2. The van der Waals surface area contributed by atoms with E-state index in [0.29, 0.717) is 10.7 Å². The Labute approximate surface area is 188 Å². The van der Waals surface area contributed by atoms with Gasteiger partial charge in [-0.3, -0.25) is 4.79 Å². The van der Waals surface area contributed by atoms with Crippen LogP contribution in [0.4, 0.5) is 5.13 Å². The average Bonchev–Trinajstić information content (AvgIpc) is 3.40. The zero-order valence-electron chi connectivity index (χ0n) is 15.4. The molecule has 146 valence electrons. The molecule has 0 aliphatic heterocycles. The molecule has 0 spiro atoms. The highest BCUT2D eigenvalue weighted by Gasteiger charge is 2.21. The van der Waals surface area contributed by atoms with E-state index in [1.54, 1.807) is 17.8 Å². The minimum atomic E-state index is -0.240. The van der Waals surface area contributed by atoms with Gasteiger partial charge in [-0.25, -0.2) is 9.97 Å². The number of carbonyl (C=O) groups excluding carboxylic acids is 1. The number of hydrogen-bond donors (Lipinski definition) is 0. The Morgan fingerprint density at radius 2 is 1.83 bits per heavy atom. The Bertz CT molecular complexity index is 1390. The van der Waals surface area contributed by atoms with Gasteiger partial charge in [0.25, 0.3) is 5.91 Å². The Kier molecular flexibility index (Phi) is 5.12. The summed E-state index contributed by atoms with van der Waals surface area (Å²) in [4.78, 5) is 22.4. The maximum atomic E-state index is 13.4. The Balaban J connectivity index is 1.58. The van der Waals surface area contributed by atoms with Crippen LogP contribution in [0.15, 0.2) is 81.8 Å². The molecule has 2 heterocycles. The predicted octanol–water partition coefficient (Wildman–Crippen LogP) is 6.35. The van der Waals surface area contributed by atoms with Gasteiger partial charge in [-0.2, -0.15) is 10.1 Å². The molecule has 0 aliphatic carbocycles. The van der Waals surface area contributed by atoms with Gasteiger partial charge in [0, 0.05) is 10.0 Å². The van der Waals surface area contributed by atoms with Crippen LogP contribution in [0.25, 0.3) is 20.4 Å². The van der Waals surface area contributed by atoms with Crippen LogP contribution in [0.1, 0.15) is 15.9 Å². The molecule has 0 bridgehead atoms. The Hall–Kier alpha value is -2.94. The standard InChI is InChI=1S/C22H13BrN4OS2/c23-16-7-9-18-20(11-16)30-22(26-18)27(25-12-14-4-2-1-3-5-14)21(28)15-6-8-17-19(10-15)29-13-24-17/h1-13H/b25-12+. The number of hydrazone groups is 1. The van der Waals surface area contributed by atoms with Crippen molar-refractivity contribution in [3.05, 3.63) is 87.8 Å². The van der Waals surface area contributed by atoms with E-state index in [0.717, 1.165) is 30.5 Å². The van der Waals surface area contributed by atoms with Gasteiger partial charge in [-0.1, -0.05) is 57.6 Å². The number of rotatable bonds is 4. The van der Waals surface area contributed by atoms with E-state index in [1.807, 2.05) is 60.7 Å². The normalized spacial score (nSPS) is 11.5. The van der Waals surface area contributed by atoms with E-state index in [4.69, 9.17) is 0 Å². The highest BCUT2D eigenvalue weighted by molar-refractivity contribution is 9.10. The topological polar surface area (TPSA) is 58.5 Å². The molecule has 5 aromatic rings. The third-order valence-electron chi connectivity index (χ3n) is 4.41. The van der Waals surface area contributed by atoms with Crippen LogP contribution >= 0.6 is 38.6 Å². The molecule has 1 amide bonds. The SMILES string of the molecule is O=C(c1ccc2ncsc2c1)N(/N=C/c1ccccc1)c1nc2ccc(Br)cc2s1. The van der Waals surface area contributed by atoms with Crippen LogP contribution in [-0.2, 0) is 0 Å². The monoisotopic (exact) mass is 492 g/mol. The number of benzene rings is 3. The highest BCUT2D eigenvalue weighted by Crippen LogP contribution is 2.32. The van der Waals surface area contributed by atoms with Gasteiger partial charge in [-0.15, -0.1) is 11.3 Å². The number of fused-ring (bicyclic) bond motifs is 2. The van der Waals surface area contributed by atoms with Crippen molar-refractivity contribution in [1.82, 2.24) is 9.97 Å². The summed E-state index contributed by atoms with van der Waals surface area (Å²) < 4.78 is 2.90. The molecule has 5 rings (SSSR count). The number of aromatic nitrogens is 2. The summed E-state index contributed by atoms with van der Waals surface area (Å²) in [6.07, 6.45) is 1.67. The van der Waals surface area contributed by atoms with Crippen LogP contribution in [-0.4, -0.2) is 22.1 Å². The first-order valence-corrected chi connectivity index (χ1v) is 11.5. The van der Waals surface area contributed by atoms with E-state index in [1.165, 1.54) is 27.7 Å². The lowest BCUT2D eigenvalue weighted by Crippen LogP contribution is -2.25. The molecule has 0 unspecified atom stereocenters. The van der Waals surface area contributed by atoms with Gasteiger partial charge >= 0.3 is 0 Å². The second kappa shape index (κ2) is 8.06. The van der Waals surface area contributed by atoms with Crippen molar-refractivity contribution < 1.29 is 4.79 Å². The van der Waals surface area contributed by atoms with Crippen molar-refractivity contribution in [2.24, 2.45) is 5.10 Å². The third-order valence-corrected chi connectivity index (χ3v) is 6.69. The first-order chi connectivity index (χ1) is 14.7. The first kappa shape index (κ1) is 19.0. The minimum absolute atomic E-state index is 0.240. The maximum Gasteiger partial charge on any atom is 0.280 e. The predicted molar refractivity (Wildman–Crippen MR) is 128 cm³/mol. The van der Waals surface area contributed by atoms with E-state index >= 15 is 0 Å². The second-order valence-electron chi connectivity index (χ2n) is 6.42. The molecular weight excluding hydrogens is 480 g/mol. The smallest absolute Gasteiger partial charge is 0.267 e. The third kappa shape index (κ3) is 3.77. The van der Waals surface area contributed by atoms with Crippen molar-refractivity contribution in [2.45, 2.75) is 0 Å². The number of halogens is 1. The molecule has 0 atom stereocenters. The Morgan fingerprint density at radius 1 is 1.00 bits per heavy atom. The summed E-state index contributed by atoms with van der Waals surface area (Å²) in [6.45, 7) is 0. The lowest BCUT2D eigenvalue weighted by atomic mass is 10.2. The largest absolute Gasteiger partial charge is 0.280 e. The van der Waals surface area contributed by atoms with E-state index in [9.17, 15) is 4.79 Å². The molecule has 3 aromatic carbocycles. The number of carbonyl (C=O) groups is 1. The summed E-state index contributed by atoms with van der Waals surface area (Å²) >= 11 is 6.42. The summed E-state index contributed by atoms with van der Waals surface area (Å²) in [5.74, 6) is -0.240. The van der Waals surface area contributed by atoms with Crippen LogP contribution in [0, 0.1) is 0 Å². The zero-order valence-corrected chi connectivity index (χ0v) is 18.6. The quantitative estimate of drug-likeness (QED) is 0.217. The molecule has 8 heteroatoms. The average molecular weight is 493 g/mol. The van der Waals surface area contributed by atoms with Gasteiger partial charge < -0.3 is 0 Å². The van der Waals surface area contributed by atoms with Gasteiger partial charge in [0.15, 0.2) is 0 Å². The molecule has 0 aliphatic rings. The number of nitrogens with zero attached hydrogens (tertiary/aromatic N) is 4. The Morgan fingerprint density at radius 3 is 2.70 bits per heavy atom. The molecule has 0 fully saturated rings. The molecule has 5 nitrogen and oxygen atoms in total. The molecule has 0 saturated heterocycles. The van der Waals surface area contributed by atoms with Gasteiger partial charge in [0.05, 0.1) is 32.2 Å². The number of thiazole rings is 2. The highest BCUT2D eigenvalue weighted by atomic mass is 79.9. The fourth-order valence-corrected chi connectivity index (χ4v) is 5.13. The number of hydrogen-bond acceptors (Lipinski definition) is 6. The zero-order chi connectivity index (χ0) is 20.5. The number of anilines is 1. The van der Waals surface area contributed by atoms with Crippen LogP contribution in [0.5, 0.6) is 0 Å². The summed E-state index contributed by atoms with van der Waals surface area (Å²) in [5.41, 5.74) is 4.91. The van der Waals surface area contributed by atoms with E-state index in [2.05, 4.69) is 31.0 Å². The van der Waals surface area contributed by atoms with E-state index in [-0.39, 0.29) is 5.91 Å². The van der Waals surface area contributed by atoms with Gasteiger partial charge in [-0.05, 0) is 42.0 Å². The first-order valence-electron chi connectivity index (χ1n) is 9.00. The fourth-order valence-electron chi connectivity index (χ4n) is 2.94. The van der Waals surface area contributed by atoms with Crippen molar-refractivity contribution in [2.75, 3.05) is 5.01 Å². The van der Waals surface area contributed by atoms with Crippen molar-refractivity contribution in [1.29, 1.82) is 0 Å².